The molecule has 2 heterocycles. The van der Waals surface area contributed by atoms with E-state index in [1.165, 1.54) is 6.33 Å². The van der Waals surface area contributed by atoms with Gasteiger partial charge < -0.3 is 15.6 Å². The molecule has 2 atom stereocenters. The number of nitrogen functional groups attached to an aromatic ring is 1. The number of nitrogens with zero attached hydrogens (tertiary/aromatic N) is 4. The molecule has 0 radical (unpaired) electrons. The minimum Gasteiger partial charge on any atom is -0.394 e. The number of fused-ring (bicyclic) bond motifs is 1. The van der Waals surface area contributed by atoms with Crippen LogP contribution in [0.5, 0.6) is 0 Å². The van der Waals surface area contributed by atoms with Crippen LogP contribution in [0.3, 0.4) is 0 Å². The zero-order chi connectivity index (χ0) is 13.1. The Balaban J connectivity index is 2.28. The molecule has 2 aromatic rings. The Bertz CT molecular complexity index is 523. The van der Waals surface area contributed by atoms with E-state index in [4.69, 9.17) is 15.6 Å². The average Bonchev–Trinajstić information content (AvgIpc) is 2.81. The summed E-state index contributed by atoms with van der Waals surface area (Å²) in [5, 5.41) is 9.13. The lowest BCUT2D eigenvalue weighted by Crippen LogP contribution is -2.21. The molecule has 7 nitrogen and oxygen atoms in total. The fourth-order valence-electron chi connectivity index (χ4n) is 1.75. The van der Waals surface area contributed by atoms with Gasteiger partial charge in [-0.25, -0.2) is 15.0 Å². The summed E-state index contributed by atoms with van der Waals surface area (Å²) in [6, 6.07) is 0. The van der Waals surface area contributed by atoms with Crippen LogP contribution in [-0.4, -0.2) is 37.3 Å². The Labute approximate surface area is 105 Å². The van der Waals surface area contributed by atoms with E-state index in [1.54, 1.807) is 10.9 Å². The Hall–Kier alpha value is -1.73. The van der Waals surface area contributed by atoms with Crippen molar-refractivity contribution in [2.45, 2.75) is 32.6 Å². The lowest BCUT2D eigenvalue weighted by atomic mass is 10.3. The number of rotatable bonds is 5. The first-order chi connectivity index (χ1) is 8.67. The van der Waals surface area contributed by atoms with Crippen molar-refractivity contribution in [2.24, 2.45) is 0 Å². The Kier molecular flexibility index (Phi) is 3.73. The molecule has 0 amide bonds. The van der Waals surface area contributed by atoms with Crippen LogP contribution in [0.25, 0.3) is 11.2 Å². The first-order valence-corrected chi connectivity index (χ1v) is 5.86. The number of anilines is 1. The van der Waals surface area contributed by atoms with Gasteiger partial charge in [0.25, 0.3) is 0 Å². The maximum atomic E-state index is 9.13. The fraction of sp³-hybridized carbons (Fsp3) is 0.545. The van der Waals surface area contributed by atoms with Crippen molar-refractivity contribution in [1.82, 2.24) is 19.5 Å². The summed E-state index contributed by atoms with van der Waals surface area (Å²) >= 11 is 0. The fourth-order valence-corrected chi connectivity index (χ4v) is 1.75. The van der Waals surface area contributed by atoms with Crippen LogP contribution in [0.1, 0.15) is 26.5 Å². The van der Waals surface area contributed by atoms with E-state index < -0.39 is 0 Å². The van der Waals surface area contributed by atoms with Crippen molar-refractivity contribution in [3.05, 3.63) is 12.7 Å². The summed E-state index contributed by atoms with van der Waals surface area (Å²) in [5.74, 6) is 0.347. The highest BCUT2D eigenvalue weighted by Crippen LogP contribution is 2.20. The third-order valence-corrected chi connectivity index (χ3v) is 2.83. The first-order valence-electron chi connectivity index (χ1n) is 5.86. The Morgan fingerprint density at radius 2 is 2.22 bits per heavy atom. The number of nitrogens with two attached hydrogens (primary N) is 1. The molecule has 0 aromatic carbocycles. The van der Waals surface area contributed by atoms with Crippen molar-refractivity contribution in [3.63, 3.8) is 0 Å². The van der Waals surface area contributed by atoms with Crippen LogP contribution in [0.2, 0.25) is 0 Å². The number of ether oxygens (including phenoxy) is 1. The molecule has 98 valence electrons. The number of aliphatic hydroxyl groups is 1. The smallest absolute Gasteiger partial charge is 0.167 e. The molecular weight excluding hydrogens is 234 g/mol. The van der Waals surface area contributed by atoms with Crippen molar-refractivity contribution in [1.29, 1.82) is 0 Å². The molecule has 0 aliphatic carbocycles. The van der Waals surface area contributed by atoms with E-state index in [9.17, 15) is 0 Å². The summed E-state index contributed by atoms with van der Waals surface area (Å²) in [4.78, 5) is 12.2. The Morgan fingerprint density at radius 3 is 2.89 bits per heavy atom. The summed E-state index contributed by atoms with van der Waals surface area (Å²) in [5.41, 5.74) is 6.90. The summed E-state index contributed by atoms with van der Waals surface area (Å²) in [6.45, 7) is 3.82. The van der Waals surface area contributed by atoms with Crippen molar-refractivity contribution in [2.75, 3.05) is 12.3 Å². The van der Waals surface area contributed by atoms with Crippen molar-refractivity contribution >= 4 is 17.0 Å². The zero-order valence-corrected chi connectivity index (χ0v) is 10.4. The van der Waals surface area contributed by atoms with Gasteiger partial charge in [-0.15, -0.1) is 0 Å². The molecule has 0 saturated heterocycles. The van der Waals surface area contributed by atoms with Gasteiger partial charge in [0.1, 0.15) is 18.1 Å². The predicted octanol–water partition coefficient (Wildman–Crippen LogP) is 0.714. The molecule has 2 aromatic heterocycles. The second-order valence-corrected chi connectivity index (χ2v) is 4.03. The van der Waals surface area contributed by atoms with Gasteiger partial charge in [-0.1, -0.05) is 6.92 Å². The molecule has 0 bridgehead atoms. The van der Waals surface area contributed by atoms with Gasteiger partial charge in [0.05, 0.1) is 19.0 Å². The summed E-state index contributed by atoms with van der Waals surface area (Å²) < 4.78 is 7.48. The molecule has 0 aliphatic rings. The standard InChI is InChI=1S/C11H17N5O2/c1-3-8(4-17)18-7(2)16-6-15-9-10(12)13-5-14-11(9)16/h5-8,17H,3-4H2,1-2H3,(H2,12,13,14). The molecule has 18 heavy (non-hydrogen) atoms. The molecule has 2 unspecified atom stereocenters. The summed E-state index contributed by atoms with van der Waals surface area (Å²) in [7, 11) is 0. The van der Waals surface area contributed by atoms with Crippen molar-refractivity contribution < 1.29 is 9.84 Å². The zero-order valence-electron chi connectivity index (χ0n) is 10.4. The number of aliphatic hydroxyl groups excluding tert-OH is 1. The van der Waals surface area contributed by atoms with Crippen LogP contribution in [0.15, 0.2) is 12.7 Å². The van der Waals surface area contributed by atoms with Crippen molar-refractivity contribution in [3.8, 4) is 0 Å². The van der Waals surface area contributed by atoms with E-state index in [1.807, 2.05) is 13.8 Å². The number of hydrogen-bond donors (Lipinski definition) is 2. The lowest BCUT2D eigenvalue weighted by Gasteiger charge is -2.20. The minimum atomic E-state index is -0.276. The normalized spacial score (nSPS) is 14.8. The monoisotopic (exact) mass is 251 g/mol. The van der Waals surface area contributed by atoms with E-state index in [0.717, 1.165) is 6.42 Å². The third kappa shape index (κ3) is 2.27. The maximum absolute atomic E-state index is 9.13. The van der Waals surface area contributed by atoms with Gasteiger partial charge in [-0.2, -0.15) is 0 Å². The number of imidazole rings is 1. The van der Waals surface area contributed by atoms with Gasteiger partial charge in [0.15, 0.2) is 11.5 Å². The van der Waals surface area contributed by atoms with Crippen LogP contribution in [0.4, 0.5) is 5.82 Å². The quantitative estimate of drug-likeness (QED) is 0.812. The van der Waals surface area contributed by atoms with Gasteiger partial charge >= 0.3 is 0 Å². The topological polar surface area (TPSA) is 99.1 Å². The largest absolute Gasteiger partial charge is 0.394 e. The molecular formula is C11H17N5O2. The highest BCUT2D eigenvalue weighted by atomic mass is 16.5. The lowest BCUT2D eigenvalue weighted by molar-refractivity contribution is -0.0647. The molecule has 0 spiro atoms. The second-order valence-electron chi connectivity index (χ2n) is 4.03. The molecule has 7 heteroatoms. The molecule has 0 saturated carbocycles. The Morgan fingerprint density at radius 1 is 1.44 bits per heavy atom. The van der Waals surface area contributed by atoms with E-state index in [-0.39, 0.29) is 18.9 Å². The van der Waals surface area contributed by atoms with Gasteiger partial charge in [0.2, 0.25) is 0 Å². The number of aromatic nitrogens is 4. The van der Waals surface area contributed by atoms with Gasteiger partial charge in [-0.3, -0.25) is 4.57 Å². The van der Waals surface area contributed by atoms with E-state index in [0.29, 0.717) is 17.0 Å². The van der Waals surface area contributed by atoms with Crippen LogP contribution < -0.4 is 5.73 Å². The highest BCUT2D eigenvalue weighted by Gasteiger charge is 2.16. The van der Waals surface area contributed by atoms with Gasteiger partial charge in [-0.05, 0) is 13.3 Å². The second kappa shape index (κ2) is 5.28. The predicted molar refractivity (Wildman–Crippen MR) is 66.7 cm³/mol. The van der Waals surface area contributed by atoms with Crippen LogP contribution >= 0.6 is 0 Å². The van der Waals surface area contributed by atoms with Crippen LogP contribution in [0, 0.1) is 0 Å². The number of hydrogen-bond acceptors (Lipinski definition) is 6. The minimum absolute atomic E-state index is 0.00933. The average molecular weight is 251 g/mol. The van der Waals surface area contributed by atoms with Gasteiger partial charge in [0, 0.05) is 0 Å². The summed E-state index contributed by atoms with van der Waals surface area (Å²) in [6.07, 6.45) is 3.28. The molecule has 3 N–H and O–H groups in total. The van der Waals surface area contributed by atoms with E-state index in [2.05, 4.69) is 15.0 Å². The SMILES string of the molecule is CCC(CO)OC(C)n1cnc2c(N)ncnc21. The van der Waals surface area contributed by atoms with E-state index >= 15 is 0 Å². The first kappa shape index (κ1) is 12.7. The highest BCUT2D eigenvalue weighted by molar-refractivity contribution is 5.81. The third-order valence-electron chi connectivity index (χ3n) is 2.83. The molecule has 2 rings (SSSR count). The molecule has 0 aliphatic heterocycles. The van der Waals surface area contributed by atoms with Crippen LogP contribution in [-0.2, 0) is 4.74 Å². The maximum Gasteiger partial charge on any atom is 0.167 e. The molecule has 0 fully saturated rings.